The molecule has 0 saturated heterocycles. The molecule has 3 nitrogen and oxygen atoms in total. The Balaban J connectivity index is 3.11. The summed E-state index contributed by atoms with van der Waals surface area (Å²) < 4.78 is 10.1. The first-order valence-corrected chi connectivity index (χ1v) is 5.14. The quantitative estimate of drug-likeness (QED) is 0.390. The first-order chi connectivity index (χ1) is 6.16. The number of carbonyl (C=O) groups is 1. The zero-order valence-electron chi connectivity index (χ0n) is 8.28. The summed E-state index contributed by atoms with van der Waals surface area (Å²) in [6, 6.07) is 0. The highest BCUT2D eigenvalue weighted by atomic mass is 32.1. The van der Waals surface area contributed by atoms with Crippen molar-refractivity contribution in [1.82, 2.24) is 0 Å². The Morgan fingerprint density at radius 2 is 2.08 bits per heavy atom. The van der Waals surface area contributed by atoms with Crippen LogP contribution in [0.1, 0.15) is 20.3 Å². The smallest absolute Gasteiger partial charge is 0.306 e. The molecule has 0 unspecified atom stereocenters. The van der Waals surface area contributed by atoms with Gasteiger partial charge in [-0.2, -0.15) is 12.6 Å². The highest BCUT2D eigenvalue weighted by Gasteiger charge is 2.00. The Hall–Kier alpha value is -0.220. The molecule has 13 heavy (non-hydrogen) atoms. The van der Waals surface area contributed by atoms with Crippen LogP contribution in [0.2, 0.25) is 0 Å². The minimum Gasteiger partial charge on any atom is -0.463 e. The predicted molar refractivity (Wildman–Crippen MR) is 55.1 cm³/mol. The lowest BCUT2D eigenvalue weighted by Gasteiger charge is -2.07. The fraction of sp³-hybridized carbons (Fsp3) is 0.889. The molecule has 0 aromatic heterocycles. The average molecular weight is 206 g/mol. The third-order valence-corrected chi connectivity index (χ3v) is 1.48. The molecule has 0 radical (unpaired) electrons. The van der Waals surface area contributed by atoms with E-state index < -0.39 is 0 Å². The number of hydrogen-bond acceptors (Lipinski definition) is 4. The van der Waals surface area contributed by atoms with Crippen LogP contribution in [0.25, 0.3) is 0 Å². The summed E-state index contributed by atoms with van der Waals surface area (Å²) in [5.41, 5.74) is 0. The molecule has 0 rings (SSSR count). The molecule has 0 aliphatic heterocycles. The van der Waals surface area contributed by atoms with Crippen LogP contribution >= 0.6 is 12.6 Å². The second-order valence-corrected chi connectivity index (χ2v) is 3.61. The second kappa shape index (κ2) is 8.38. The lowest BCUT2D eigenvalue weighted by Crippen LogP contribution is -2.12. The Morgan fingerprint density at radius 3 is 2.62 bits per heavy atom. The summed E-state index contributed by atoms with van der Waals surface area (Å²) in [5, 5.41) is 0. The van der Waals surface area contributed by atoms with Crippen molar-refractivity contribution in [3.8, 4) is 0 Å². The minimum absolute atomic E-state index is 0.205. The Bertz CT molecular complexity index is 137. The third kappa shape index (κ3) is 9.70. The van der Waals surface area contributed by atoms with Gasteiger partial charge in [-0.1, -0.05) is 13.8 Å². The first-order valence-electron chi connectivity index (χ1n) is 4.51. The van der Waals surface area contributed by atoms with Crippen LogP contribution in [0.4, 0.5) is 0 Å². The van der Waals surface area contributed by atoms with Gasteiger partial charge < -0.3 is 9.47 Å². The summed E-state index contributed by atoms with van der Waals surface area (Å²) in [6.07, 6.45) is 0.368. The van der Waals surface area contributed by atoms with Crippen molar-refractivity contribution in [2.75, 3.05) is 25.6 Å². The number of carbonyl (C=O) groups excluding carboxylic acids is 1. The molecule has 78 valence electrons. The molecule has 0 spiro atoms. The number of thiol groups is 1. The van der Waals surface area contributed by atoms with E-state index in [9.17, 15) is 4.79 Å². The van der Waals surface area contributed by atoms with Crippen LogP contribution in [-0.2, 0) is 14.3 Å². The van der Waals surface area contributed by atoms with Gasteiger partial charge in [0.25, 0.3) is 0 Å². The topological polar surface area (TPSA) is 35.5 Å². The van der Waals surface area contributed by atoms with E-state index in [0.717, 1.165) is 0 Å². The largest absolute Gasteiger partial charge is 0.463 e. The molecule has 0 aromatic rings. The van der Waals surface area contributed by atoms with Gasteiger partial charge in [0.2, 0.25) is 0 Å². The standard InChI is InChI=1S/C9H18O3S/c1-8(2)7-11-4-5-12-9(10)3-6-13/h8,13H,3-7H2,1-2H3. The van der Waals surface area contributed by atoms with Crippen molar-refractivity contribution in [2.45, 2.75) is 20.3 Å². The zero-order valence-corrected chi connectivity index (χ0v) is 9.18. The van der Waals surface area contributed by atoms with Crippen molar-refractivity contribution in [2.24, 2.45) is 5.92 Å². The van der Waals surface area contributed by atoms with Gasteiger partial charge in [-0.25, -0.2) is 0 Å². The molecular formula is C9H18O3S. The van der Waals surface area contributed by atoms with Gasteiger partial charge >= 0.3 is 5.97 Å². The molecule has 0 heterocycles. The maximum Gasteiger partial charge on any atom is 0.306 e. The van der Waals surface area contributed by atoms with Crippen LogP contribution in [0.5, 0.6) is 0 Å². The van der Waals surface area contributed by atoms with Crippen LogP contribution < -0.4 is 0 Å². The van der Waals surface area contributed by atoms with Crippen molar-refractivity contribution in [1.29, 1.82) is 0 Å². The Kier molecular flexibility index (Phi) is 8.24. The van der Waals surface area contributed by atoms with Crippen LogP contribution in [0.3, 0.4) is 0 Å². The SMILES string of the molecule is CC(C)COCCOC(=O)CCS. The van der Waals surface area contributed by atoms with Gasteiger partial charge in [0.1, 0.15) is 6.61 Å². The van der Waals surface area contributed by atoms with Crippen LogP contribution in [0.15, 0.2) is 0 Å². The molecule has 0 aliphatic carbocycles. The number of ether oxygens (including phenoxy) is 2. The molecule has 0 N–H and O–H groups in total. The number of hydrogen-bond donors (Lipinski definition) is 1. The monoisotopic (exact) mass is 206 g/mol. The highest BCUT2D eigenvalue weighted by molar-refractivity contribution is 7.80. The highest BCUT2D eigenvalue weighted by Crippen LogP contribution is 1.93. The summed E-state index contributed by atoms with van der Waals surface area (Å²) in [6.45, 7) is 5.69. The molecule has 4 heteroatoms. The third-order valence-electron chi connectivity index (χ3n) is 1.26. The zero-order chi connectivity index (χ0) is 10.1. The Morgan fingerprint density at radius 1 is 1.38 bits per heavy atom. The second-order valence-electron chi connectivity index (χ2n) is 3.16. The maximum absolute atomic E-state index is 10.8. The van der Waals surface area contributed by atoms with Gasteiger partial charge in [0.05, 0.1) is 13.0 Å². The summed E-state index contributed by atoms with van der Waals surface area (Å²) in [4.78, 5) is 10.8. The predicted octanol–water partition coefficient (Wildman–Crippen LogP) is 1.52. The van der Waals surface area contributed by atoms with Gasteiger partial charge in [-0.05, 0) is 5.92 Å². The van der Waals surface area contributed by atoms with E-state index in [1.54, 1.807) is 0 Å². The lowest BCUT2D eigenvalue weighted by molar-refractivity contribution is -0.144. The molecule has 0 amide bonds. The van der Waals surface area contributed by atoms with E-state index in [2.05, 4.69) is 26.5 Å². The molecule has 0 aliphatic rings. The van der Waals surface area contributed by atoms with Gasteiger partial charge in [-0.15, -0.1) is 0 Å². The fourth-order valence-electron chi connectivity index (χ4n) is 0.697. The average Bonchev–Trinajstić information content (AvgIpc) is 2.03. The van der Waals surface area contributed by atoms with Crippen molar-refractivity contribution >= 4 is 18.6 Å². The van der Waals surface area contributed by atoms with Crippen molar-refractivity contribution in [3.63, 3.8) is 0 Å². The molecular weight excluding hydrogens is 188 g/mol. The van der Waals surface area contributed by atoms with Crippen LogP contribution in [-0.4, -0.2) is 31.5 Å². The van der Waals surface area contributed by atoms with Crippen LogP contribution in [0, 0.1) is 5.92 Å². The van der Waals surface area contributed by atoms with E-state index >= 15 is 0 Å². The molecule has 0 saturated carbocycles. The Labute approximate surface area is 85.2 Å². The van der Waals surface area contributed by atoms with E-state index in [1.807, 2.05) is 0 Å². The fourth-order valence-corrected chi connectivity index (χ4v) is 0.879. The van der Waals surface area contributed by atoms with E-state index in [-0.39, 0.29) is 5.97 Å². The van der Waals surface area contributed by atoms with Gasteiger partial charge in [-0.3, -0.25) is 4.79 Å². The van der Waals surface area contributed by atoms with Gasteiger partial charge in [0, 0.05) is 12.4 Å². The number of esters is 1. The summed E-state index contributed by atoms with van der Waals surface area (Å²) in [7, 11) is 0. The van der Waals surface area contributed by atoms with E-state index in [0.29, 0.717) is 37.9 Å². The van der Waals surface area contributed by atoms with Crippen molar-refractivity contribution in [3.05, 3.63) is 0 Å². The van der Waals surface area contributed by atoms with Crippen molar-refractivity contribution < 1.29 is 14.3 Å². The van der Waals surface area contributed by atoms with Gasteiger partial charge in [0.15, 0.2) is 0 Å². The molecule has 0 aromatic carbocycles. The normalized spacial score (nSPS) is 10.5. The maximum atomic E-state index is 10.8. The molecule has 0 bridgehead atoms. The molecule has 0 fully saturated rings. The summed E-state index contributed by atoms with van der Waals surface area (Å²) in [5.74, 6) is 0.849. The minimum atomic E-state index is -0.205. The van der Waals surface area contributed by atoms with E-state index in [1.165, 1.54) is 0 Å². The van der Waals surface area contributed by atoms with E-state index in [4.69, 9.17) is 9.47 Å². The molecule has 0 atom stereocenters. The first kappa shape index (κ1) is 12.8. The summed E-state index contributed by atoms with van der Waals surface area (Å²) >= 11 is 3.92. The lowest BCUT2D eigenvalue weighted by atomic mass is 10.2. The number of rotatable bonds is 7.